The van der Waals surface area contributed by atoms with Crippen LogP contribution in [0.5, 0.6) is 0 Å². The molecule has 4 heteroatoms. The van der Waals surface area contributed by atoms with Crippen molar-refractivity contribution in [2.45, 2.75) is 25.8 Å². The Labute approximate surface area is 90.3 Å². The van der Waals surface area contributed by atoms with Crippen LogP contribution in [0, 0.1) is 11.8 Å². The average Bonchev–Trinajstić information content (AvgIpc) is 2.62. The second-order valence-corrected chi connectivity index (χ2v) is 5.18. The summed E-state index contributed by atoms with van der Waals surface area (Å²) in [6, 6.07) is 0.690. The molecular formula is C11H18N4. The third-order valence-corrected chi connectivity index (χ3v) is 3.87. The molecule has 1 aliphatic carbocycles. The summed E-state index contributed by atoms with van der Waals surface area (Å²) >= 11 is 0. The minimum atomic E-state index is 0.654. The second kappa shape index (κ2) is 3.04. The Balaban J connectivity index is 1.68. The van der Waals surface area contributed by atoms with Gasteiger partial charge in [0.2, 0.25) is 0 Å². The zero-order valence-corrected chi connectivity index (χ0v) is 9.59. The van der Waals surface area contributed by atoms with Crippen LogP contribution in [0.1, 0.15) is 25.6 Å². The van der Waals surface area contributed by atoms with Gasteiger partial charge in [-0.3, -0.25) is 4.68 Å². The summed E-state index contributed by atoms with van der Waals surface area (Å²) < 4.78 is 1.81. The normalized spacial score (nSPS) is 34.8. The summed E-state index contributed by atoms with van der Waals surface area (Å²) in [4.78, 5) is 6.93. The molecule has 0 bridgehead atoms. The second-order valence-electron chi connectivity index (χ2n) is 5.18. The van der Waals surface area contributed by atoms with Crippen LogP contribution < -0.4 is 0 Å². The van der Waals surface area contributed by atoms with Gasteiger partial charge in [0, 0.05) is 32.1 Å². The molecular weight excluding hydrogens is 188 g/mol. The van der Waals surface area contributed by atoms with Crippen LogP contribution in [0.15, 0.2) is 6.33 Å². The van der Waals surface area contributed by atoms with E-state index in [4.69, 9.17) is 0 Å². The van der Waals surface area contributed by atoms with Gasteiger partial charge in [-0.15, -0.1) is 0 Å². The van der Waals surface area contributed by atoms with E-state index in [1.807, 2.05) is 18.1 Å². The summed E-state index contributed by atoms with van der Waals surface area (Å²) in [5, 5.41) is 4.41. The Hall–Kier alpha value is -0.900. The minimum absolute atomic E-state index is 0.654. The lowest BCUT2D eigenvalue weighted by atomic mass is 10.2. The van der Waals surface area contributed by atoms with Gasteiger partial charge in [0.05, 0.1) is 0 Å². The fourth-order valence-electron chi connectivity index (χ4n) is 2.87. The number of fused-ring (bicyclic) bond motifs is 1. The molecule has 0 spiro atoms. The van der Waals surface area contributed by atoms with E-state index < -0.39 is 0 Å². The van der Waals surface area contributed by atoms with Gasteiger partial charge in [-0.25, -0.2) is 4.98 Å². The minimum Gasteiger partial charge on any atom is -0.300 e. The molecule has 2 aliphatic rings. The van der Waals surface area contributed by atoms with Gasteiger partial charge >= 0.3 is 0 Å². The van der Waals surface area contributed by atoms with Crippen molar-refractivity contribution < 1.29 is 0 Å². The molecule has 0 N–H and O–H groups in total. The van der Waals surface area contributed by atoms with Crippen LogP contribution in [0.4, 0.5) is 0 Å². The molecule has 0 radical (unpaired) electrons. The predicted molar refractivity (Wildman–Crippen MR) is 57.4 cm³/mol. The Morgan fingerprint density at radius 1 is 1.33 bits per heavy atom. The first-order valence-electron chi connectivity index (χ1n) is 5.76. The van der Waals surface area contributed by atoms with Gasteiger partial charge in [0.1, 0.15) is 6.33 Å². The predicted octanol–water partition coefficient (Wildman–Crippen LogP) is 0.869. The number of hydrogen-bond donors (Lipinski definition) is 0. The molecule has 1 aliphatic heterocycles. The highest BCUT2D eigenvalue weighted by Gasteiger charge is 2.58. The molecule has 2 heterocycles. The Morgan fingerprint density at radius 3 is 2.47 bits per heavy atom. The fourth-order valence-corrected chi connectivity index (χ4v) is 2.87. The standard InChI is InChI=1S/C11H18N4/c1-7(2)15-4-8-9(5-15)10(8)11-12-6-14(3)13-11/h6-10H,4-5H2,1-3H3. The smallest absolute Gasteiger partial charge is 0.154 e. The molecule has 1 aromatic rings. The molecule has 0 amide bonds. The SMILES string of the molecule is CC(C)N1CC2C(C1)C2c1ncn(C)n1. The molecule has 3 rings (SSSR count). The van der Waals surface area contributed by atoms with E-state index in [0.717, 1.165) is 17.7 Å². The summed E-state index contributed by atoms with van der Waals surface area (Å²) in [5.41, 5.74) is 0. The maximum atomic E-state index is 4.41. The molecule has 2 fully saturated rings. The maximum Gasteiger partial charge on any atom is 0.154 e. The topological polar surface area (TPSA) is 34.0 Å². The first kappa shape index (κ1) is 9.33. The Kier molecular flexibility index (Phi) is 1.89. The fraction of sp³-hybridized carbons (Fsp3) is 0.818. The third-order valence-electron chi connectivity index (χ3n) is 3.87. The Bertz CT molecular complexity index is 358. The quantitative estimate of drug-likeness (QED) is 0.720. The number of nitrogens with zero attached hydrogens (tertiary/aromatic N) is 4. The van der Waals surface area contributed by atoms with Crippen molar-refractivity contribution in [2.75, 3.05) is 13.1 Å². The number of aromatic nitrogens is 3. The zero-order chi connectivity index (χ0) is 10.6. The van der Waals surface area contributed by atoms with E-state index in [9.17, 15) is 0 Å². The number of rotatable bonds is 2. The van der Waals surface area contributed by atoms with Crippen molar-refractivity contribution in [1.29, 1.82) is 0 Å². The molecule has 1 saturated heterocycles. The van der Waals surface area contributed by atoms with Gasteiger partial charge in [-0.1, -0.05) is 0 Å². The van der Waals surface area contributed by atoms with Crippen molar-refractivity contribution in [2.24, 2.45) is 18.9 Å². The first-order chi connectivity index (χ1) is 7.16. The van der Waals surface area contributed by atoms with E-state index in [2.05, 4.69) is 28.8 Å². The lowest BCUT2D eigenvalue weighted by molar-refractivity contribution is 0.242. The lowest BCUT2D eigenvalue weighted by Gasteiger charge is -2.22. The van der Waals surface area contributed by atoms with Crippen LogP contribution in [-0.4, -0.2) is 38.8 Å². The Morgan fingerprint density at radius 2 is 2.00 bits per heavy atom. The average molecular weight is 206 g/mol. The molecule has 0 aromatic carbocycles. The molecule has 2 atom stereocenters. The van der Waals surface area contributed by atoms with Gasteiger partial charge in [-0.2, -0.15) is 5.10 Å². The monoisotopic (exact) mass is 206 g/mol. The highest BCUT2D eigenvalue weighted by Crippen LogP contribution is 2.57. The number of piperidine rings is 1. The molecule has 15 heavy (non-hydrogen) atoms. The summed E-state index contributed by atoms with van der Waals surface area (Å²) in [7, 11) is 1.94. The zero-order valence-electron chi connectivity index (χ0n) is 9.59. The molecule has 1 saturated carbocycles. The van der Waals surface area contributed by atoms with Crippen molar-refractivity contribution in [1.82, 2.24) is 19.7 Å². The molecule has 2 unspecified atom stereocenters. The lowest BCUT2D eigenvalue weighted by Crippen LogP contribution is -2.31. The summed E-state index contributed by atoms with van der Waals surface area (Å²) in [5.74, 6) is 3.38. The molecule has 4 nitrogen and oxygen atoms in total. The third kappa shape index (κ3) is 1.39. The van der Waals surface area contributed by atoms with Crippen molar-refractivity contribution >= 4 is 0 Å². The van der Waals surface area contributed by atoms with E-state index in [1.54, 1.807) is 0 Å². The van der Waals surface area contributed by atoms with E-state index in [0.29, 0.717) is 12.0 Å². The summed E-state index contributed by atoms with van der Waals surface area (Å²) in [6.07, 6.45) is 1.81. The van der Waals surface area contributed by atoms with Crippen LogP contribution in [-0.2, 0) is 7.05 Å². The van der Waals surface area contributed by atoms with E-state index in [-0.39, 0.29) is 0 Å². The maximum absolute atomic E-state index is 4.41. The van der Waals surface area contributed by atoms with Crippen molar-refractivity contribution in [3.63, 3.8) is 0 Å². The number of hydrogen-bond acceptors (Lipinski definition) is 3. The highest BCUT2D eigenvalue weighted by atomic mass is 15.3. The van der Waals surface area contributed by atoms with E-state index in [1.165, 1.54) is 13.1 Å². The molecule has 1 aromatic heterocycles. The van der Waals surface area contributed by atoms with Crippen LogP contribution >= 0.6 is 0 Å². The largest absolute Gasteiger partial charge is 0.300 e. The van der Waals surface area contributed by atoms with Crippen LogP contribution in [0.3, 0.4) is 0 Å². The number of aryl methyl sites for hydroxylation is 1. The summed E-state index contributed by atoms with van der Waals surface area (Å²) in [6.45, 7) is 7.04. The van der Waals surface area contributed by atoms with Crippen LogP contribution in [0.25, 0.3) is 0 Å². The van der Waals surface area contributed by atoms with Crippen molar-refractivity contribution in [3.05, 3.63) is 12.2 Å². The number of likely N-dealkylation sites (tertiary alicyclic amines) is 1. The van der Waals surface area contributed by atoms with Crippen LogP contribution in [0.2, 0.25) is 0 Å². The van der Waals surface area contributed by atoms with Crippen molar-refractivity contribution in [3.8, 4) is 0 Å². The van der Waals surface area contributed by atoms with Gasteiger partial charge < -0.3 is 4.90 Å². The first-order valence-corrected chi connectivity index (χ1v) is 5.76. The van der Waals surface area contributed by atoms with E-state index >= 15 is 0 Å². The van der Waals surface area contributed by atoms with Gasteiger partial charge in [0.15, 0.2) is 5.82 Å². The van der Waals surface area contributed by atoms with Gasteiger partial charge in [-0.05, 0) is 25.7 Å². The highest BCUT2D eigenvalue weighted by molar-refractivity contribution is 5.19. The van der Waals surface area contributed by atoms with Gasteiger partial charge in [0.25, 0.3) is 0 Å². The molecule has 82 valence electrons.